The SMILES string of the molecule is CN=C(NCCCn1nc(C)cc1C)NCc1cccc(Cn2ccnc2C)c1. The van der Waals surface area contributed by atoms with E-state index in [4.69, 9.17) is 0 Å². The highest BCUT2D eigenvalue weighted by Crippen LogP contribution is 2.09. The molecule has 0 unspecified atom stereocenters. The van der Waals surface area contributed by atoms with Crippen molar-refractivity contribution in [2.24, 2.45) is 4.99 Å². The first kappa shape index (κ1) is 20.6. The van der Waals surface area contributed by atoms with E-state index in [9.17, 15) is 0 Å². The molecule has 1 aromatic carbocycles. The van der Waals surface area contributed by atoms with Crippen LogP contribution in [0.3, 0.4) is 0 Å². The minimum absolute atomic E-state index is 0.730. The first-order valence-electron chi connectivity index (χ1n) is 10.1. The topological polar surface area (TPSA) is 72.1 Å². The van der Waals surface area contributed by atoms with Crippen LogP contribution in [-0.2, 0) is 19.6 Å². The van der Waals surface area contributed by atoms with E-state index in [2.05, 4.69) is 72.2 Å². The summed E-state index contributed by atoms with van der Waals surface area (Å²) in [5.41, 5.74) is 4.76. The molecule has 0 saturated heterocycles. The first-order chi connectivity index (χ1) is 14.0. The first-order valence-corrected chi connectivity index (χ1v) is 10.1. The maximum absolute atomic E-state index is 4.50. The van der Waals surface area contributed by atoms with Gasteiger partial charge in [0.15, 0.2) is 5.96 Å². The minimum Gasteiger partial charge on any atom is -0.356 e. The summed E-state index contributed by atoms with van der Waals surface area (Å²) in [5.74, 6) is 1.84. The minimum atomic E-state index is 0.730. The Balaban J connectivity index is 1.45. The predicted molar refractivity (Wildman–Crippen MR) is 117 cm³/mol. The van der Waals surface area contributed by atoms with Crippen LogP contribution >= 0.6 is 0 Å². The van der Waals surface area contributed by atoms with Gasteiger partial charge in [-0.05, 0) is 44.4 Å². The summed E-state index contributed by atoms with van der Waals surface area (Å²) in [5, 5.41) is 11.3. The fourth-order valence-corrected chi connectivity index (χ4v) is 3.35. The number of nitrogens with one attached hydrogen (secondary N) is 2. The Morgan fingerprint density at radius 2 is 1.93 bits per heavy atom. The van der Waals surface area contributed by atoms with Crippen molar-refractivity contribution in [3.63, 3.8) is 0 Å². The van der Waals surface area contributed by atoms with Crippen LogP contribution in [0, 0.1) is 20.8 Å². The van der Waals surface area contributed by atoms with E-state index in [0.29, 0.717) is 0 Å². The molecule has 0 atom stereocenters. The standard InChI is InChI=1S/C22H31N7/c1-17-13-18(2)29(27-17)11-6-9-25-22(23-4)26-15-20-7-5-8-21(14-20)16-28-12-10-24-19(28)3/h5,7-8,10,12-14H,6,9,11,15-16H2,1-4H3,(H2,23,25,26). The van der Waals surface area contributed by atoms with Crippen molar-refractivity contribution in [2.45, 2.75) is 46.8 Å². The van der Waals surface area contributed by atoms with Gasteiger partial charge in [-0.3, -0.25) is 9.67 Å². The lowest BCUT2D eigenvalue weighted by molar-refractivity contribution is 0.555. The van der Waals surface area contributed by atoms with E-state index in [1.54, 1.807) is 7.05 Å². The summed E-state index contributed by atoms with van der Waals surface area (Å²) >= 11 is 0. The molecule has 2 aromatic heterocycles. The normalized spacial score (nSPS) is 11.7. The van der Waals surface area contributed by atoms with Gasteiger partial charge in [-0.2, -0.15) is 5.10 Å². The molecule has 3 rings (SSSR count). The Morgan fingerprint density at radius 3 is 2.62 bits per heavy atom. The number of guanidine groups is 1. The van der Waals surface area contributed by atoms with Gasteiger partial charge < -0.3 is 15.2 Å². The van der Waals surface area contributed by atoms with Crippen molar-refractivity contribution < 1.29 is 0 Å². The third-order valence-corrected chi connectivity index (χ3v) is 4.89. The molecule has 0 aliphatic rings. The summed E-state index contributed by atoms with van der Waals surface area (Å²) in [6.07, 6.45) is 4.84. The van der Waals surface area contributed by atoms with Gasteiger partial charge in [0, 0.05) is 51.3 Å². The van der Waals surface area contributed by atoms with Gasteiger partial charge >= 0.3 is 0 Å². The quantitative estimate of drug-likeness (QED) is 0.351. The summed E-state index contributed by atoms with van der Waals surface area (Å²) in [6, 6.07) is 10.7. The van der Waals surface area contributed by atoms with Gasteiger partial charge in [-0.25, -0.2) is 4.98 Å². The fraction of sp³-hybridized carbons (Fsp3) is 0.409. The van der Waals surface area contributed by atoms with Crippen LogP contribution in [0.2, 0.25) is 0 Å². The van der Waals surface area contributed by atoms with Crippen molar-refractivity contribution in [3.05, 3.63) is 71.1 Å². The van der Waals surface area contributed by atoms with E-state index in [-0.39, 0.29) is 0 Å². The summed E-state index contributed by atoms with van der Waals surface area (Å²) in [6.45, 7) is 9.45. The summed E-state index contributed by atoms with van der Waals surface area (Å²) in [4.78, 5) is 8.61. The lowest BCUT2D eigenvalue weighted by Gasteiger charge is -2.13. The molecule has 2 heterocycles. The second-order valence-electron chi connectivity index (χ2n) is 7.28. The number of aromatic nitrogens is 4. The van der Waals surface area contributed by atoms with E-state index in [1.165, 1.54) is 16.8 Å². The van der Waals surface area contributed by atoms with Gasteiger partial charge in [-0.1, -0.05) is 24.3 Å². The number of aryl methyl sites for hydroxylation is 4. The third-order valence-electron chi connectivity index (χ3n) is 4.89. The number of imidazole rings is 1. The highest BCUT2D eigenvalue weighted by atomic mass is 15.3. The maximum Gasteiger partial charge on any atom is 0.191 e. The molecular formula is C22H31N7. The Morgan fingerprint density at radius 1 is 1.10 bits per heavy atom. The molecule has 3 aromatic rings. The van der Waals surface area contributed by atoms with Crippen LogP contribution in [0.25, 0.3) is 0 Å². The molecule has 0 aliphatic carbocycles. The van der Waals surface area contributed by atoms with Crippen molar-refractivity contribution in [1.29, 1.82) is 0 Å². The van der Waals surface area contributed by atoms with Crippen LogP contribution in [0.5, 0.6) is 0 Å². The number of aliphatic imine (C=N–C) groups is 1. The second kappa shape index (κ2) is 9.91. The largest absolute Gasteiger partial charge is 0.356 e. The Hall–Kier alpha value is -3.09. The molecule has 29 heavy (non-hydrogen) atoms. The second-order valence-corrected chi connectivity index (χ2v) is 7.28. The molecule has 154 valence electrons. The number of benzene rings is 1. The molecule has 0 spiro atoms. The van der Waals surface area contributed by atoms with Crippen LogP contribution < -0.4 is 10.6 Å². The molecule has 0 amide bonds. The highest BCUT2D eigenvalue weighted by molar-refractivity contribution is 5.79. The molecule has 0 saturated carbocycles. The third kappa shape index (κ3) is 5.94. The monoisotopic (exact) mass is 393 g/mol. The van der Waals surface area contributed by atoms with Gasteiger partial charge in [0.05, 0.1) is 5.69 Å². The lowest BCUT2D eigenvalue weighted by Crippen LogP contribution is -2.37. The van der Waals surface area contributed by atoms with Crippen molar-refractivity contribution in [3.8, 4) is 0 Å². The van der Waals surface area contributed by atoms with Crippen LogP contribution in [-0.4, -0.2) is 38.9 Å². The van der Waals surface area contributed by atoms with Crippen LogP contribution in [0.15, 0.2) is 47.7 Å². The Bertz CT molecular complexity index is 952. The molecule has 2 N–H and O–H groups in total. The smallest absolute Gasteiger partial charge is 0.191 e. The Kier molecular flexibility index (Phi) is 7.05. The number of rotatable bonds is 8. The van der Waals surface area contributed by atoms with E-state index in [1.807, 2.05) is 26.2 Å². The average Bonchev–Trinajstić information content (AvgIpc) is 3.25. The van der Waals surface area contributed by atoms with Gasteiger partial charge in [-0.15, -0.1) is 0 Å². The summed E-state index contributed by atoms with van der Waals surface area (Å²) < 4.78 is 4.20. The van der Waals surface area contributed by atoms with Gasteiger partial charge in [0.2, 0.25) is 0 Å². The number of nitrogens with zero attached hydrogens (tertiary/aromatic N) is 5. The van der Waals surface area contributed by atoms with E-state index in [0.717, 1.165) is 50.1 Å². The van der Waals surface area contributed by atoms with E-state index < -0.39 is 0 Å². The molecule has 0 fully saturated rings. The molecule has 0 bridgehead atoms. The van der Waals surface area contributed by atoms with Gasteiger partial charge in [0.25, 0.3) is 0 Å². The zero-order valence-corrected chi connectivity index (χ0v) is 17.8. The molecule has 7 nitrogen and oxygen atoms in total. The fourth-order valence-electron chi connectivity index (χ4n) is 3.35. The molecule has 0 radical (unpaired) electrons. The molecule has 7 heteroatoms. The zero-order chi connectivity index (χ0) is 20.6. The molecule has 0 aliphatic heterocycles. The Labute approximate surface area is 172 Å². The number of hydrogen-bond acceptors (Lipinski definition) is 3. The zero-order valence-electron chi connectivity index (χ0n) is 17.8. The highest BCUT2D eigenvalue weighted by Gasteiger charge is 2.03. The summed E-state index contributed by atoms with van der Waals surface area (Å²) in [7, 11) is 1.80. The van der Waals surface area contributed by atoms with Crippen LogP contribution in [0.1, 0.15) is 34.8 Å². The molecular weight excluding hydrogens is 362 g/mol. The maximum atomic E-state index is 4.50. The van der Waals surface area contributed by atoms with E-state index >= 15 is 0 Å². The van der Waals surface area contributed by atoms with Crippen molar-refractivity contribution >= 4 is 5.96 Å². The van der Waals surface area contributed by atoms with Crippen molar-refractivity contribution in [2.75, 3.05) is 13.6 Å². The van der Waals surface area contributed by atoms with Crippen LogP contribution in [0.4, 0.5) is 0 Å². The lowest BCUT2D eigenvalue weighted by atomic mass is 10.1. The van der Waals surface area contributed by atoms with Gasteiger partial charge in [0.1, 0.15) is 5.82 Å². The van der Waals surface area contributed by atoms with Crippen molar-refractivity contribution in [1.82, 2.24) is 30.0 Å². The number of hydrogen-bond donors (Lipinski definition) is 2. The predicted octanol–water partition coefficient (Wildman–Crippen LogP) is 2.81. The average molecular weight is 394 g/mol.